The predicted octanol–water partition coefficient (Wildman–Crippen LogP) is 6.95. The van der Waals surface area contributed by atoms with Gasteiger partial charge in [0.1, 0.15) is 11.5 Å². The minimum absolute atomic E-state index is 0.128. The van der Waals surface area contributed by atoms with Crippen LogP contribution in [0.1, 0.15) is 26.3 Å². The van der Waals surface area contributed by atoms with Crippen molar-refractivity contribution in [2.24, 2.45) is 4.99 Å². The number of methoxy groups -OCH3 is 2. The summed E-state index contributed by atoms with van der Waals surface area (Å²) in [6, 6.07) is 27.7. The number of non-ortho nitro benzene ring substituents is 1. The second-order valence-electron chi connectivity index (χ2n) is 9.17. The van der Waals surface area contributed by atoms with E-state index in [9.17, 15) is 19.7 Å². The molecule has 0 fully saturated rings. The van der Waals surface area contributed by atoms with E-state index in [-0.39, 0.29) is 17.0 Å². The quantitative estimate of drug-likeness (QED) is 0.0606. The van der Waals surface area contributed by atoms with Crippen LogP contribution in [0.3, 0.4) is 0 Å². The molecule has 10 nitrogen and oxygen atoms in total. The number of carbonyl (C=O) groups excluding carboxylic acids is 2. The van der Waals surface area contributed by atoms with Gasteiger partial charge in [-0.3, -0.25) is 15.1 Å². The number of hydrogen-bond donors (Lipinski definition) is 0. The van der Waals surface area contributed by atoms with E-state index in [0.717, 1.165) is 16.5 Å². The summed E-state index contributed by atoms with van der Waals surface area (Å²) in [6.07, 6.45) is 1.61. The highest BCUT2D eigenvalue weighted by molar-refractivity contribution is 5.97. The number of esters is 2. The first-order valence-electron chi connectivity index (χ1n) is 12.9. The highest BCUT2D eigenvalue weighted by atomic mass is 16.6. The second-order valence-corrected chi connectivity index (χ2v) is 9.17. The Morgan fingerprint density at radius 3 is 2.02 bits per heavy atom. The van der Waals surface area contributed by atoms with Crippen molar-refractivity contribution in [1.82, 2.24) is 0 Å². The summed E-state index contributed by atoms with van der Waals surface area (Å²) in [6.45, 7) is 0. The molecule has 0 aromatic heterocycles. The van der Waals surface area contributed by atoms with Gasteiger partial charge in [-0.1, -0.05) is 12.1 Å². The van der Waals surface area contributed by atoms with Gasteiger partial charge in [-0.2, -0.15) is 0 Å². The highest BCUT2D eigenvalue weighted by Crippen LogP contribution is 2.29. The topological polar surface area (TPSA) is 127 Å². The van der Waals surface area contributed by atoms with Gasteiger partial charge in [0.25, 0.3) is 5.69 Å². The molecule has 0 aliphatic rings. The van der Waals surface area contributed by atoms with E-state index < -0.39 is 16.9 Å². The third kappa shape index (κ3) is 6.83. The van der Waals surface area contributed by atoms with Crippen molar-refractivity contribution in [3.63, 3.8) is 0 Å². The number of fused-ring (bicyclic) bond motifs is 1. The lowest BCUT2D eigenvalue weighted by Crippen LogP contribution is -2.09. The van der Waals surface area contributed by atoms with Crippen LogP contribution in [0.4, 0.5) is 11.4 Å². The molecule has 0 unspecified atom stereocenters. The average molecular weight is 577 g/mol. The molecule has 0 radical (unpaired) electrons. The van der Waals surface area contributed by atoms with Gasteiger partial charge < -0.3 is 18.9 Å². The molecule has 5 aromatic rings. The molecule has 0 heterocycles. The molecule has 5 aromatic carbocycles. The Morgan fingerprint density at radius 2 is 1.33 bits per heavy atom. The van der Waals surface area contributed by atoms with E-state index in [1.165, 1.54) is 31.4 Å². The minimum Gasteiger partial charge on any atom is -0.497 e. The van der Waals surface area contributed by atoms with Crippen LogP contribution in [0.15, 0.2) is 108 Å². The molecule has 0 saturated carbocycles. The number of carbonyl (C=O) groups is 2. The van der Waals surface area contributed by atoms with Crippen molar-refractivity contribution in [2.45, 2.75) is 0 Å². The molecule has 0 bridgehead atoms. The molecule has 5 rings (SSSR count). The maximum atomic E-state index is 12.7. The molecular weight excluding hydrogens is 552 g/mol. The van der Waals surface area contributed by atoms with Crippen LogP contribution in [0.2, 0.25) is 0 Å². The van der Waals surface area contributed by atoms with Crippen molar-refractivity contribution >= 4 is 40.3 Å². The van der Waals surface area contributed by atoms with Crippen LogP contribution in [-0.2, 0) is 0 Å². The number of hydrogen-bond acceptors (Lipinski definition) is 9. The van der Waals surface area contributed by atoms with Crippen molar-refractivity contribution < 1.29 is 33.5 Å². The fourth-order valence-electron chi connectivity index (χ4n) is 4.12. The summed E-state index contributed by atoms with van der Waals surface area (Å²) >= 11 is 0. The van der Waals surface area contributed by atoms with E-state index in [4.69, 9.17) is 18.9 Å². The number of nitro groups is 1. The standard InChI is InChI=1S/C33H24N2O8/c1-40-29-13-8-23-18-25(5-4-24(23)19-29)33(37)42-28-14-9-26(10-15-28)34-20-21-3-16-30(31(17-21)41-2)43-32(36)22-6-11-27(12-7-22)35(38)39/h3-20H,1-2H3. The van der Waals surface area contributed by atoms with E-state index >= 15 is 0 Å². The van der Waals surface area contributed by atoms with Gasteiger partial charge in [-0.05, 0) is 95.2 Å². The Kier molecular flexibility index (Phi) is 8.38. The first-order valence-corrected chi connectivity index (χ1v) is 12.9. The summed E-state index contributed by atoms with van der Waals surface area (Å²) in [5.41, 5.74) is 1.75. The van der Waals surface area contributed by atoms with Crippen LogP contribution >= 0.6 is 0 Å². The SMILES string of the molecule is COc1ccc2cc(C(=O)Oc3ccc(N=Cc4ccc(OC(=O)c5ccc([N+](=O)[O-])cc5)c(OC)c4)cc3)ccc2c1. The van der Waals surface area contributed by atoms with Gasteiger partial charge in [-0.15, -0.1) is 0 Å². The zero-order chi connectivity index (χ0) is 30.3. The summed E-state index contributed by atoms with van der Waals surface area (Å²) in [4.78, 5) is 39.9. The number of nitrogens with zero attached hydrogens (tertiary/aromatic N) is 2. The molecule has 10 heteroatoms. The zero-order valence-electron chi connectivity index (χ0n) is 23.1. The molecular formula is C33H24N2O8. The van der Waals surface area contributed by atoms with Crippen LogP contribution in [0, 0.1) is 10.1 Å². The summed E-state index contributed by atoms with van der Waals surface area (Å²) in [5, 5.41) is 12.7. The zero-order valence-corrected chi connectivity index (χ0v) is 23.1. The lowest BCUT2D eigenvalue weighted by Gasteiger charge is -2.10. The van der Waals surface area contributed by atoms with E-state index in [2.05, 4.69) is 4.99 Å². The van der Waals surface area contributed by atoms with Gasteiger partial charge in [0, 0.05) is 18.3 Å². The van der Waals surface area contributed by atoms with E-state index in [1.807, 2.05) is 24.3 Å². The van der Waals surface area contributed by atoms with E-state index in [0.29, 0.717) is 28.3 Å². The van der Waals surface area contributed by atoms with Gasteiger partial charge >= 0.3 is 11.9 Å². The Morgan fingerprint density at radius 1 is 0.674 bits per heavy atom. The molecule has 0 aliphatic carbocycles. The fraction of sp³-hybridized carbons (Fsp3) is 0.0606. The van der Waals surface area contributed by atoms with Gasteiger partial charge in [0.05, 0.1) is 36.0 Å². The first kappa shape index (κ1) is 28.5. The van der Waals surface area contributed by atoms with E-state index in [1.54, 1.807) is 67.9 Å². The molecule has 0 N–H and O–H groups in total. The first-order chi connectivity index (χ1) is 20.8. The number of benzene rings is 5. The van der Waals surface area contributed by atoms with Gasteiger partial charge in [0.15, 0.2) is 11.5 Å². The summed E-state index contributed by atoms with van der Waals surface area (Å²) in [7, 11) is 3.04. The molecule has 0 atom stereocenters. The molecule has 0 spiro atoms. The van der Waals surface area contributed by atoms with Crippen molar-refractivity contribution in [2.75, 3.05) is 14.2 Å². The maximum absolute atomic E-state index is 12.7. The Bertz CT molecular complexity index is 1850. The predicted molar refractivity (Wildman–Crippen MR) is 160 cm³/mol. The van der Waals surface area contributed by atoms with Crippen molar-refractivity contribution in [3.8, 4) is 23.0 Å². The van der Waals surface area contributed by atoms with Crippen LogP contribution < -0.4 is 18.9 Å². The molecule has 43 heavy (non-hydrogen) atoms. The van der Waals surface area contributed by atoms with Crippen LogP contribution in [-0.4, -0.2) is 37.3 Å². The smallest absolute Gasteiger partial charge is 0.343 e. The normalized spacial score (nSPS) is 10.8. The monoisotopic (exact) mass is 576 g/mol. The largest absolute Gasteiger partial charge is 0.497 e. The highest BCUT2D eigenvalue weighted by Gasteiger charge is 2.15. The fourth-order valence-corrected chi connectivity index (χ4v) is 4.12. The molecule has 0 amide bonds. The average Bonchev–Trinajstić information content (AvgIpc) is 3.04. The number of ether oxygens (including phenoxy) is 4. The van der Waals surface area contributed by atoms with Crippen molar-refractivity contribution in [1.29, 1.82) is 0 Å². The van der Waals surface area contributed by atoms with Crippen LogP contribution in [0.5, 0.6) is 23.0 Å². The lowest BCUT2D eigenvalue weighted by atomic mass is 10.1. The number of rotatable bonds is 9. The lowest BCUT2D eigenvalue weighted by molar-refractivity contribution is -0.384. The number of aliphatic imine (C=N–C) groups is 1. The van der Waals surface area contributed by atoms with Gasteiger partial charge in [0.2, 0.25) is 0 Å². The minimum atomic E-state index is -0.684. The Hall–Kier alpha value is -6.03. The molecule has 0 saturated heterocycles. The summed E-state index contributed by atoms with van der Waals surface area (Å²) < 4.78 is 21.6. The third-order valence-corrected chi connectivity index (χ3v) is 6.40. The maximum Gasteiger partial charge on any atom is 0.343 e. The molecule has 214 valence electrons. The van der Waals surface area contributed by atoms with Crippen LogP contribution in [0.25, 0.3) is 10.8 Å². The summed E-state index contributed by atoms with van der Waals surface area (Å²) in [5.74, 6) is 0.436. The molecule has 0 aliphatic heterocycles. The Labute approximate surface area is 245 Å². The second kappa shape index (κ2) is 12.6. The number of nitro benzene ring substituents is 1. The third-order valence-electron chi connectivity index (χ3n) is 6.40. The van der Waals surface area contributed by atoms with Crippen molar-refractivity contribution in [3.05, 3.63) is 130 Å². The Balaban J connectivity index is 1.21. The van der Waals surface area contributed by atoms with Gasteiger partial charge in [-0.25, -0.2) is 9.59 Å².